The molecule has 2 aliphatic carbocycles. The van der Waals surface area contributed by atoms with Gasteiger partial charge < -0.3 is 21.3 Å². The molecule has 0 saturated heterocycles. The second-order valence-electron chi connectivity index (χ2n) is 16.4. The number of rotatable bonds is 13. The maximum Gasteiger partial charge on any atom is 0.241 e. The Morgan fingerprint density at radius 3 is 1.37 bits per heavy atom. The van der Waals surface area contributed by atoms with Gasteiger partial charge in [-0.05, 0) is 36.8 Å². The van der Waals surface area contributed by atoms with Gasteiger partial charge in [-0.2, -0.15) is 10.2 Å². The molecule has 0 bridgehead atoms. The van der Waals surface area contributed by atoms with Crippen LogP contribution in [0.5, 0.6) is 0 Å². The van der Waals surface area contributed by atoms with Gasteiger partial charge in [0, 0.05) is 35.7 Å². The number of carbonyl (C=O) groups excluding carboxylic acids is 2. The fourth-order valence-electron chi connectivity index (χ4n) is 9.61. The lowest BCUT2D eigenvalue weighted by Crippen LogP contribution is -2.51. The second kappa shape index (κ2) is 19.6. The second-order valence-corrected chi connectivity index (χ2v) is 19.0. The minimum atomic E-state index is -0.641. The van der Waals surface area contributed by atoms with Crippen LogP contribution in [0.1, 0.15) is 101 Å². The highest BCUT2D eigenvalue weighted by Gasteiger charge is 2.38. The van der Waals surface area contributed by atoms with E-state index in [2.05, 4.69) is 45.8 Å². The number of amides is 2. The summed E-state index contributed by atoms with van der Waals surface area (Å²) in [5, 5.41) is 9.96. The average Bonchev–Trinajstić information content (AvgIpc) is 3.89. The summed E-state index contributed by atoms with van der Waals surface area (Å²) in [7, 11) is 3.10. The van der Waals surface area contributed by atoms with Crippen LogP contribution >= 0.6 is 34.0 Å². The zero-order valence-electron chi connectivity index (χ0n) is 33.0. The molecule has 306 valence electrons. The summed E-state index contributed by atoms with van der Waals surface area (Å²) in [5.41, 5.74) is 19.7. The maximum absolute atomic E-state index is 14.1. The van der Waals surface area contributed by atoms with Crippen LogP contribution in [0, 0.1) is 11.8 Å². The lowest BCUT2D eigenvalue weighted by atomic mass is 9.83. The van der Waals surface area contributed by atoms with E-state index >= 15 is 0 Å². The Morgan fingerprint density at radius 2 is 0.982 bits per heavy atom. The summed E-state index contributed by atoms with van der Waals surface area (Å²) >= 11 is 0. The minimum Gasteiger partial charge on any atom is -0.331 e. The number of carbonyl (C=O) groups is 2. The fraction of sp³-hybridized carbons (Fsp3) is 0.545. The van der Waals surface area contributed by atoms with E-state index in [4.69, 9.17) is 21.7 Å². The lowest BCUT2D eigenvalue weighted by Gasteiger charge is -2.40. The number of aromatic nitrogens is 4. The normalized spacial score (nSPS) is 21.3. The van der Waals surface area contributed by atoms with Crippen LogP contribution < -0.4 is 11.5 Å². The van der Waals surface area contributed by atoms with Crippen molar-refractivity contribution < 1.29 is 9.59 Å². The molecule has 2 aromatic heterocycles. The van der Waals surface area contributed by atoms with Crippen LogP contribution in [0.3, 0.4) is 0 Å². The van der Waals surface area contributed by atoms with E-state index in [1.165, 1.54) is 64.2 Å². The van der Waals surface area contributed by atoms with Gasteiger partial charge in [-0.1, -0.05) is 146 Å². The van der Waals surface area contributed by atoms with Gasteiger partial charge in [-0.25, -0.2) is 0 Å². The number of halogens is 1. The predicted molar refractivity (Wildman–Crippen MR) is 235 cm³/mol. The Bertz CT molecular complexity index is 1780. The molecule has 57 heavy (non-hydrogen) atoms. The van der Waals surface area contributed by atoms with Gasteiger partial charge in [0.05, 0.1) is 60.0 Å². The molecular weight excluding hydrogens is 772 g/mol. The molecule has 4 atom stereocenters. The van der Waals surface area contributed by atoms with Gasteiger partial charge in [0.15, 0.2) is 0 Å². The van der Waals surface area contributed by atoms with E-state index in [9.17, 15) is 9.59 Å². The highest BCUT2D eigenvalue weighted by Crippen LogP contribution is 2.40. The molecule has 4 N–H and O–H groups in total. The Labute approximate surface area is 352 Å². The Balaban J connectivity index is 0.00000496. The molecule has 2 aromatic carbocycles. The van der Waals surface area contributed by atoms with Crippen LogP contribution in [0.2, 0.25) is 0 Å². The van der Waals surface area contributed by atoms with Crippen molar-refractivity contribution in [3.8, 4) is 22.5 Å². The van der Waals surface area contributed by atoms with Crippen LogP contribution in [-0.2, 0) is 22.7 Å². The number of nitrogens with zero attached hydrogens (tertiary/aromatic N) is 6. The van der Waals surface area contributed by atoms with E-state index < -0.39 is 12.1 Å². The third kappa shape index (κ3) is 9.78. The fourth-order valence-corrected chi connectivity index (χ4v) is 11.8. The maximum atomic E-state index is 14.1. The van der Waals surface area contributed by atoms with Crippen LogP contribution in [0.25, 0.3) is 22.5 Å². The predicted octanol–water partition coefficient (Wildman–Crippen LogP) is 8.28. The average molecular weight is 832 g/mol. The molecule has 0 radical (unpaired) electrons. The minimum absolute atomic E-state index is 0. The zero-order chi connectivity index (χ0) is 38.4. The molecule has 8 rings (SSSR count). The number of hydrogen-bond acceptors (Lipinski definition) is 8. The van der Waals surface area contributed by atoms with Gasteiger partial charge in [0.25, 0.3) is 0 Å². The Morgan fingerprint density at radius 1 is 0.596 bits per heavy atom. The van der Waals surface area contributed by atoms with Crippen LogP contribution in [-0.4, -0.2) is 77.9 Å². The first-order valence-electron chi connectivity index (χ1n) is 21.1. The Hall–Kier alpha value is -3.29. The molecule has 1 unspecified atom stereocenters. The van der Waals surface area contributed by atoms with E-state index in [1.54, 1.807) is 21.6 Å². The summed E-state index contributed by atoms with van der Waals surface area (Å²) in [6, 6.07) is 23.6. The molecule has 10 nitrogen and oxygen atoms in total. The summed E-state index contributed by atoms with van der Waals surface area (Å²) in [5.74, 6) is 2.11. The summed E-state index contributed by atoms with van der Waals surface area (Å²) < 4.78 is 4.23. The first kappa shape index (κ1) is 41.9. The zero-order valence-corrected chi connectivity index (χ0v) is 35.4. The number of benzene rings is 2. The SMILES string of the molecule is Cl.NC(CSSC[C@H](N)C(=O)N1CCn2nc(-c3ccccc3)cc2[C@H]1CC1CCCCC1)C(=O)N1CCn2nc(-c3ccccc3)cc2[C@H]1CC1CCCCC1. The molecule has 2 aliphatic heterocycles. The molecule has 0 spiro atoms. The van der Waals surface area contributed by atoms with Crippen molar-refractivity contribution in [2.24, 2.45) is 23.3 Å². The number of fused-ring (bicyclic) bond motifs is 2. The smallest absolute Gasteiger partial charge is 0.241 e. The van der Waals surface area contributed by atoms with Gasteiger partial charge in [-0.3, -0.25) is 19.0 Å². The third-order valence-corrected chi connectivity index (χ3v) is 15.1. The van der Waals surface area contributed by atoms with E-state index in [1.807, 2.05) is 46.2 Å². The molecule has 2 fully saturated rings. The topological polar surface area (TPSA) is 128 Å². The van der Waals surface area contributed by atoms with Crippen molar-refractivity contribution in [2.75, 3.05) is 24.6 Å². The number of nitrogens with two attached hydrogens (primary N) is 2. The first-order chi connectivity index (χ1) is 27.4. The van der Waals surface area contributed by atoms with Crippen molar-refractivity contribution in [1.29, 1.82) is 0 Å². The molecule has 4 heterocycles. The molecule has 4 aromatic rings. The summed E-state index contributed by atoms with van der Waals surface area (Å²) in [4.78, 5) is 32.3. The van der Waals surface area contributed by atoms with Crippen molar-refractivity contribution in [3.05, 3.63) is 84.2 Å². The van der Waals surface area contributed by atoms with E-state index in [0.29, 0.717) is 49.5 Å². The van der Waals surface area contributed by atoms with Gasteiger partial charge in [0.1, 0.15) is 0 Å². The Kier molecular flexibility index (Phi) is 14.4. The van der Waals surface area contributed by atoms with E-state index in [0.717, 1.165) is 46.7 Å². The highest BCUT2D eigenvalue weighted by molar-refractivity contribution is 8.76. The highest BCUT2D eigenvalue weighted by atomic mass is 35.5. The van der Waals surface area contributed by atoms with Gasteiger partial charge in [-0.15, -0.1) is 12.4 Å². The van der Waals surface area contributed by atoms with Crippen LogP contribution in [0.15, 0.2) is 72.8 Å². The first-order valence-corrected chi connectivity index (χ1v) is 23.5. The monoisotopic (exact) mass is 830 g/mol. The largest absolute Gasteiger partial charge is 0.331 e. The number of hydrogen-bond donors (Lipinski definition) is 2. The standard InChI is InChI=1S/C44H58N8O2S2.ClH/c45-35(43(53)49-21-23-51-41(39(49)25-31-13-5-1-6-14-31)27-37(47-51)33-17-9-3-10-18-33)29-55-56-30-36(46)44(54)50-22-24-52-42(40(50)26-32-15-7-2-8-16-32)28-38(48-52)34-19-11-4-12-20-34;/h3-4,9-12,17-20,27-28,31-32,35-36,39-40H,1-2,5-8,13-16,21-26,29-30,45-46H2;1H/t35-,36?,39+,40+;/m0./s1. The van der Waals surface area contributed by atoms with Gasteiger partial charge in [0.2, 0.25) is 11.8 Å². The van der Waals surface area contributed by atoms with Crippen molar-refractivity contribution in [1.82, 2.24) is 29.4 Å². The third-order valence-electron chi connectivity index (χ3n) is 12.6. The van der Waals surface area contributed by atoms with Gasteiger partial charge >= 0.3 is 0 Å². The molecule has 13 heteroatoms. The van der Waals surface area contributed by atoms with Crippen molar-refractivity contribution in [2.45, 2.75) is 114 Å². The van der Waals surface area contributed by atoms with Crippen LogP contribution in [0.4, 0.5) is 0 Å². The van der Waals surface area contributed by atoms with Crippen molar-refractivity contribution in [3.63, 3.8) is 0 Å². The molecule has 4 aliphatic rings. The van der Waals surface area contributed by atoms with Crippen molar-refractivity contribution >= 4 is 45.8 Å². The molecule has 2 amide bonds. The molecular formula is C44H59ClN8O2S2. The quantitative estimate of drug-likeness (QED) is 0.102. The van der Waals surface area contributed by atoms with E-state index in [-0.39, 0.29) is 36.3 Å². The summed E-state index contributed by atoms with van der Waals surface area (Å²) in [6.45, 7) is 2.53. The molecule has 2 saturated carbocycles. The lowest BCUT2D eigenvalue weighted by molar-refractivity contribution is -0.137. The summed E-state index contributed by atoms with van der Waals surface area (Å²) in [6.07, 6.45) is 14.4.